The van der Waals surface area contributed by atoms with Crippen LogP contribution in [0.1, 0.15) is 55.9 Å². The highest BCUT2D eigenvalue weighted by Crippen LogP contribution is 2.29. The van der Waals surface area contributed by atoms with Crippen molar-refractivity contribution in [2.75, 3.05) is 0 Å². The van der Waals surface area contributed by atoms with Crippen LogP contribution in [-0.2, 0) is 22.6 Å². The van der Waals surface area contributed by atoms with Crippen LogP contribution in [0, 0.1) is 6.92 Å². The van der Waals surface area contributed by atoms with E-state index in [2.05, 4.69) is 35.2 Å². The molecule has 13 heteroatoms. The van der Waals surface area contributed by atoms with Gasteiger partial charge < -0.3 is 0 Å². The lowest BCUT2D eigenvalue weighted by Crippen LogP contribution is -2.28. The minimum Gasteiger partial charge on any atom is -0.298 e. The molecule has 11 nitrogen and oxygen atoms in total. The molecule has 0 fully saturated rings. The summed E-state index contributed by atoms with van der Waals surface area (Å²) in [7, 11) is -1.90. The highest BCUT2D eigenvalue weighted by atomic mass is 35.5. The molecule has 0 aliphatic rings. The van der Waals surface area contributed by atoms with Gasteiger partial charge in [0, 0.05) is 31.1 Å². The average molecular weight is 516 g/mol. The van der Waals surface area contributed by atoms with Crippen molar-refractivity contribution in [1.29, 1.82) is 0 Å². The second-order valence-corrected chi connectivity index (χ2v) is 11.2. The van der Waals surface area contributed by atoms with Crippen LogP contribution < -0.4 is 0 Å². The Morgan fingerprint density at radius 3 is 2.40 bits per heavy atom. The van der Waals surface area contributed by atoms with Crippen molar-refractivity contribution >= 4 is 21.4 Å². The molecule has 0 aromatic carbocycles. The molecule has 4 aromatic heterocycles. The van der Waals surface area contributed by atoms with E-state index < -0.39 is 27.0 Å². The third-order valence-corrected chi connectivity index (χ3v) is 8.44. The van der Waals surface area contributed by atoms with Crippen molar-refractivity contribution in [1.82, 2.24) is 44.5 Å². The Kier molecular flexibility index (Phi) is 6.95. The van der Waals surface area contributed by atoms with Gasteiger partial charge >= 0.3 is 0 Å². The summed E-state index contributed by atoms with van der Waals surface area (Å²) >= 11 is 5.88. The zero-order valence-electron chi connectivity index (χ0n) is 20.0. The molecule has 0 saturated heterocycles. The number of rotatable bonds is 8. The van der Waals surface area contributed by atoms with Crippen LogP contribution in [0.5, 0.6) is 0 Å². The highest BCUT2D eigenvalue weighted by Gasteiger charge is 2.33. The zero-order valence-corrected chi connectivity index (χ0v) is 21.6. The fourth-order valence-corrected chi connectivity index (χ4v) is 5.52. The maximum Gasteiger partial charge on any atom is 0.183 e. The van der Waals surface area contributed by atoms with E-state index in [9.17, 15) is 8.42 Å². The number of hydrogen-bond acceptors (Lipinski definition) is 9. The smallest absolute Gasteiger partial charge is 0.183 e. The van der Waals surface area contributed by atoms with Crippen LogP contribution in [0.25, 0.3) is 11.5 Å². The van der Waals surface area contributed by atoms with Gasteiger partial charge in [0.2, 0.25) is 0 Å². The van der Waals surface area contributed by atoms with Gasteiger partial charge in [-0.05, 0) is 32.9 Å². The molecule has 0 aliphatic carbocycles. The SMILES string of the molecule is Cc1cccc(-c2nnc(CS(=O)(=O)[C@@H](C)[C@H](C)c3ncc(Cl)cn3)n2[C@H](C)c2ncnn2C)n1. The predicted octanol–water partition coefficient (Wildman–Crippen LogP) is 2.94. The fraction of sp³-hybridized carbons (Fsp3) is 0.409. The van der Waals surface area contributed by atoms with Crippen LogP contribution in [0.3, 0.4) is 0 Å². The lowest BCUT2D eigenvalue weighted by Gasteiger charge is -2.21. The number of aromatic nitrogens is 9. The topological polar surface area (TPSA) is 134 Å². The van der Waals surface area contributed by atoms with Crippen LogP contribution in [0.2, 0.25) is 5.02 Å². The number of aryl methyl sites for hydroxylation is 2. The minimum atomic E-state index is -3.68. The van der Waals surface area contributed by atoms with Crippen LogP contribution in [0.15, 0.2) is 36.9 Å². The molecular formula is C22H26ClN9O2S. The molecule has 4 aromatic rings. The molecule has 4 rings (SSSR count). The first-order chi connectivity index (χ1) is 16.6. The van der Waals surface area contributed by atoms with Crippen LogP contribution in [-0.4, -0.2) is 58.1 Å². The second kappa shape index (κ2) is 9.78. The average Bonchev–Trinajstić information content (AvgIpc) is 3.44. The van der Waals surface area contributed by atoms with E-state index >= 15 is 0 Å². The Hall–Kier alpha value is -3.25. The van der Waals surface area contributed by atoms with Gasteiger partial charge in [-0.25, -0.2) is 28.4 Å². The Labute approximate surface area is 208 Å². The number of hydrogen-bond donors (Lipinski definition) is 0. The molecule has 0 unspecified atom stereocenters. The Morgan fingerprint density at radius 2 is 1.77 bits per heavy atom. The Morgan fingerprint density at radius 1 is 1.06 bits per heavy atom. The second-order valence-electron chi connectivity index (χ2n) is 8.45. The van der Waals surface area contributed by atoms with Gasteiger partial charge in [0.1, 0.15) is 35.2 Å². The summed E-state index contributed by atoms with van der Waals surface area (Å²) in [5.41, 5.74) is 1.40. The van der Waals surface area contributed by atoms with Gasteiger partial charge in [-0.2, -0.15) is 5.10 Å². The third kappa shape index (κ3) is 5.08. The number of nitrogens with zero attached hydrogens (tertiary/aromatic N) is 9. The van der Waals surface area contributed by atoms with E-state index in [1.165, 1.54) is 18.7 Å². The lowest BCUT2D eigenvalue weighted by molar-refractivity contribution is 0.536. The van der Waals surface area contributed by atoms with Crippen molar-refractivity contribution in [2.24, 2.45) is 7.05 Å². The molecule has 0 aliphatic heterocycles. The minimum absolute atomic E-state index is 0.287. The third-order valence-electron chi connectivity index (χ3n) is 6.04. The molecule has 4 heterocycles. The van der Waals surface area contributed by atoms with Crippen molar-refractivity contribution in [3.63, 3.8) is 0 Å². The molecule has 0 N–H and O–H groups in total. The molecule has 0 spiro atoms. The summed E-state index contributed by atoms with van der Waals surface area (Å²) in [5, 5.41) is 12.4. The highest BCUT2D eigenvalue weighted by molar-refractivity contribution is 7.91. The normalized spacial score (nSPS) is 14.6. The first-order valence-electron chi connectivity index (χ1n) is 11.0. The Balaban J connectivity index is 1.73. The molecule has 0 bridgehead atoms. The first kappa shape index (κ1) is 24.9. The van der Waals surface area contributed by atoms with E-state index in [4.69, 9.17) is 11.6 Å². The fourth-order valence-electron chi connectivity index (χ4n) is 3.86. The quantitative estimate of drug-likeness (QED) is 0.347. The van der Waals surface area contributed by atoms with Gasteiger partial charge in [0.15, 0.2) is 15.7 Å². The van der Waals surface area contributed by atoms with Gasteiger partial charge in [-0.3, -0.25) is 9.25 Å². The van der Waals surface area contributed by atoms with Gasteiger partial charge in [0.05, 0.1) is 16.3 Å². The number of halogens is 1. The van der Waals surface area contributed by atoms with Crippen molar-refractivity contribution in [2.45, 2.75) is 50.7 Å². The van der Waals surface area contributed by atoms with Crippen molar-refractivity contribution in [3.05, 3.63) is 65.1 Å². The Bertz CT molecular complexity index is 1430. The molecule has 35 heavy (non-hydrogen) atoms. The first-order valence-corrected chi connectivity index (χ1v) is 13.1. The maximum atomic E-state index is 13.5. The van der Waals surface area contributed by atoms with Gasteiger partial charge in [-0.1, -0.05) is 24.6 Å². The van der Waals surface area contributed by atoms with E-state index in [0.29, 0.717) is 28.2 Å². The largest absolute Gasteiger partial charge is 0.298 e. The summed E-state index contributed by atoms with van der Waals surface area (Å²) in [4.78, 5) is 17.3. The molecule has 0 saturated carbocycles. The van der Waals surface area contributed by atoms with E-state index in [1.54, 1.807) is 30.1 Å². The molecule has 184 valence electrons. The zero-order chi connectivity index (χ0) is 25.3. The maximum absolute atomic E-state index is 13.5. The van der Waals surface area contributed by atoms with Crippen molar-refractivity contribution < 1.29 is 8.42 Å². The van der Waals surface area contributed by atoms with E-state index in [0.717, 1.165) is 5.69 Å². The molecule has 0 amide bonds. The van der Waals surface area contributed by atoms with Gasteiger partial charge in [-0.15, -0.1) is 10.2 Å². The monoisotopic (exact) mass is 515 g/mol. The summed E-state index contributed by atoms with van der Waals surface area (Å²) in [6, 6.07) is 5.17. The van der Waals surface area contributed by atoms with E-state index in [1.807, 2.05) is 32.0 Å². The number of pyridine rings is 1. The molecule has 3 atom stereocenters. The molecule has 0 radical (unpaired) electrons. The van der Waals surface area contributed by atoms with Crippen LogP contribution in [0.4, 0.5) is 0 Å². The summed E-state index contributed by atoms with van der Waals surface area (Å²) < 4.78 is 30.4. The number of sulfone groups is 1. The standard InChI is InChI=1S/C22H26ClN9O2S/c1-13-7-6-8-18(28-13)22-30-29-19(32(22)15(3)21-26-12-27-31(21)5)11-35(33,34)16(4)14(2)20-24-9-17(23)10-25-20/h6-10,12,14-16H,11H2,1-5H3/t14-,15+,16-/m0/s1. The summed E-state index contributed by atoms with van der Waals surface area (Å²) in [6.45, 7) is 7.20. The summed E-state index contributed by atoms with van der Waals surface area (Å²) in [6.07, 6.45) is 4.37. The predicted molar refractivity (Wildman–Crippen MR) is 130 cm³/mol. The van der Waals surface area contributed by atoms with E-state index in [-0.39, 0.29) is 11.6 Å². The molecular weight excluding hydrogens is 490 g/mol. The summed E-state index contributed by atoms with van der Waals surface area (Å²) in [5.74, 6) is 0.999. The van der Waals surface area contributed by atoms with Crippen LogP contribution >= 0.6 is 11.6 Å². The van der Waals surface area contributed by atoms with Crippen molar-refractivity contribution in [3.8, 4) is 11.5 Å². The van der Waals surface area contributed by atoms with Gasteiger partial charge in [0.25, 0.3) is 0 Å². The lowest BCUT2D eigenvalue weighted by atomic mass is 10.1.